The van der Waals surface area contributed by atoms with Crippen molar-refractivity contribution in [3.05, 3.63) is 48.1 Å². The average molecular weight is 176 g/mol. The lowest BCUT2D eigenvalue weighted by molar-refractivity contribution is 0.871. The molecule has 0 aromatic rings. The minimum Gasteiger partial charge on any atom is -0.0988 e. The van der Waals surface area contributed by atoms with E-state index in [1.807, 2.05) is 13.0 Å². The summed E-state index contributed by atoms with van der Waals surface area (Å²) in [6, 6.07) is 0. The molecule has 0 fully saturated rings. The van der Waals surface area contributed by atoms with Gasteiger partial charge < -0.3 is 0 Å². The summed E-state index contributed by atoms with van der Waals surface area (Å²) in [5, 5.41) is 0. The summed E-state index contributed by atoms with van der Waals surface area (Å²) in [6.07, 6.45) is 6.09. The largest absolute Gasteiger partial charge is 0.0988 e. The molecular formula is C13H20. The number of hydrogen-bond acceptors (Lipinski definition) is 0. The topological polar surface area (TPSA) is 0 Å². The normalized spacial score (nSPS) is 15.4. The third-order valence-corrected chi connectivity index (χ3v) is 2.41. The molecular weight excluding hydrogens is 156 g/mol. The Balaban J connectivity index is 4.70. The standard InChI is InChI=1S/C13H20/c1-7-9-11(4)13(6)12(5)10(3)8-2/h7-9,11H,2,6H2,1,3-5H3/b9-7-,12-10-. The van der Waals surface area contributed by atoms with Crippen LogP contribution in [0.2, 0.25) is 0 Å². The Morgan fingerprint density at radius 2 is 1.85 bits per heavy atom. The van der Waals surface area contributed by atoms with Gasteiger partial charge in [-0.15, -0.1) is 0 Å². The van der Waals surface area contributed by atoms with Gasteiger partial charge in [0.05, 0.1) is 0 Å². The zero-order valence-corrected chi connectivity index (χ0v) is 9.22. The molecule has 1 unspecified atom stereocenters. The molecule has 0 aliphatic rings. The Bertz CT molecular complexity index is 251. The van der Waals surface area contributed by atoms with Gasteiger partial charge in [0.25, 0.3) is 0 Å². The van der Waals surface area contributed by atoms with E-state index in [4.69, 9.17) is 0 Å². The highest BCUT2D eigenvalue weighted by atomic mass is 14.1. The smallest absolute Gasteiger partial charge is 0.00137 e. The predicted octanol–water partition coefficient (Wildman–Crippen LogP) is 4.28. The van der Waals surface area contributed by atoms with Crippen molar-refractivity contribution >= 4 is 0 Å². The van der Waals surface area contributed by atoms with Crippen molar-refractivity contribution in [1.82, 2.24) is 0 Å². The number of rotatable bonds is 4. The van der Waals surface area contributed by atoms with E-state index >= 15 is 0 Å². The molecule has 0 radical (unpaired) electrons. The fourth-order valence-electron chi connectivity index (χ4n) is 1.15. The second kappa shape index (κ2) is 5.58. The summed E-state index contributed by atoms with van der Waals surface area (Å²) in [7, 11) is 0. The molecule has 0 nitrogen and oxygen atoms in total. The quantitative estimate of drug-likeness (QED) is 0.443. The van der Waals surface area contributed by atoms with Gasteiger partial charge in [-0.2, -0.15) is 0 Å². The van der Waals surface area contributed by atoms with Crippen molar-refractivity contribution in [3.8, 4) is 0 Å². The van der Waals surface area contributed by atoms with Gasteiger partial charge in [-0.1, -0.05) is 38.3 Å². The van der Waals surface area contributed by atoms with E-state index in [0.29, 0.717) is 5.92 Å². The Labute approximate surface area is 82.4 Å². The van der Waals surface area contributed by atoms with E-state index in [-0.39, 0.29) is 0 Å². The molecule has 0 spiro atoms. The maximum atomic E-state index is 4.09. The van der Waals surface area contributed by atoms with Gasteiger partial charge in [0.2, 0.25) is 0 Å². The van der Waals surface area contributed by atoms with Gasteiger partial charge in [-0.3, -0.25) is 0 Å². The molecule has 0 saturated carbocycles. The van der Waals surface area contributed by atoms with Crippen LogP contribution in [0.25, 0.3) is 0 Å². The van der Waals surface area contributed by atoms with Crippen LogP contribution >= 0.6 is 0 Å². The first-order chi connectivity index (χ1) is 6.04. The Kier molecular flexibility index (Phi) is 5.13. The van der Waals surface area contributed by atoms with Gasteiger partial charge >= 0.3 is 0 Å². The summed E-state index contributed by atoms with van der Waals surface area (Å²) < 4.78 is 0. The van der Waals surface area contributed by atoms with Gasteiger partial charge in [0.1, 0.15) is 0 Å². The lowest BCUT2D eigenvalue weighted by Gasteiger charge is -2.12. The van der Waals surface area contributed by atoms with Crippen molar-refractivity contribution in [2.45, 2.75) is 27.7 Å². The van der Waals surface area contributed by atoms with Crippen molar-refractivity contribution in [2.75, 3.05) is 0 Å². The summed E-state index contributed by atoms with van der Waals surface area (Å²) in [5.41, 5.74) is 3.64. The monoisotopic (exact) mass is 176 g/mol. The Morgan fingerprint density at radius 1 is 1.31 bits per heavy atom. The Hall–Kier alpha value is -1.04. The average Bonchev–Trinajstić information content (AvgIpc) is 2.14. The molecule has 0 amide bonds. The predicted molar refractivity (Wildman–Crippen MR) is 61.7 cm³/mol. The lowest BCUT2D eigenvalue weighted by atomic mass is 9.93. The molecule has 0 aliphatic carbocycles. The summed E-state index contributed by atoms with van der Waals surface area (Å²) in [4.78, 5) is 0. The van der Waals surface area contributed by atoms with Gasteiger partial charge in [0, 0.05) is 0 Å². The highest BCUT2D eigenvalue weighted by Crippen LogP contribution is 2.21. The molecule has 13 heavy (non-hydrogen) atoms. The molecule has 72 valence electrons. The molecule has 0 saturated heterocycles. The summed E-state index contributed by atoms with van der Waals surface area (Å²) in [6.45, 7) is 16.2. The maximum Gasteiger partial charge on any atom is -0.00137 e. The van der Waals surface area contributed by atoms with Crippen LogP contribution in [0.3, 0.4) is 0 Å². The highest BCUT2D eigenvalue weighted by Gasteiger charge is 2.05. The Morgan fingerprint density at radius 3 is 2.23 bits per heavy atom. The van der Waals surface area contributed by atoms with Gasteiger partial charge in [0.15, 0.2) is 0 Å². The minimum absolute atomic E-state index is 0.417. The first-order valence-electron chi connectivity index (χ1n) is 4.66. The third-order valence-electron chi connectivity index (χ3n) is 2.41. The zero-order chi connectivity index (χ0) is 10.4. The van der Waals surface area contributed by atoms with E-state index in [1.54, 1.807) is 0 Å². The summed E-state index contributed by atoms with van der Waals surface area (Å²) in [5.74, 6) is 0.417. The van der Waals surface area contributed by atoms with Crippen LogP contribution in [0.15, 0.2) is 48.1 Å². The van der Waals surface area contributed by atoms with E-state index in [2.05, 4.69) is 46.1 Å². The minimum atomic E-state index is 0.417. The third kappa shape index (κ3) is 3.45. The lowest BCUT2D eigenvalue weighted by Crippen LogP contribution is -1.97. The molecule has 0 N–H and O–H groups in total. The van der Waals surface area contributed by atoms with E-state index in [9.17, 15) is 0 Å². The van der Waals surface area contributed by atoms with E-state index in [0.717, 1.165) is 0 Å². The van der Waals surface area contributed by atoms with Crippen molar-refractivity contribution in [3.63, 3.8) is 0 Å². The van der Waals surface area contributed by atoms with Crippen LogP contribution in [0, 0.1) is 5.92 Å². The van der Waals surface area contributed by atoms with Gasteiger partial charge in [-0.05, 0) is 43.4 Å². The van der Waals surface area contributed by atoms with Crippen LogP contribution < -0.4 is 0 Å². The van der Waals surface area contributed by atoms with Crippen molar-refractivity contribution in [1.29, 1.82) is 0 Å². The maximum absolute atomic E-state index is 4.09. The molecule has 0 bridgehead atoms. The highest BCUT2D eigenvalue weighted by molar-refractivity contribution is 5.37. The molecule has 0 aromatic heterocycles. The molecule has 0 rings (SSSR count). The molecule has 0 aromatic carbocycles. The molecule has 0 heterocycles. The SMILES string of the molecule is C=C/C(C)=C(/C)C(=C)C(C)/C=C\C. The van der Waals surface area contributed by atoms with E-state index < -0.39 is 0 Å². The van der Waals surface area contributed by atoms with Crippen LogP contribution in [0.1, 0.15) is 27.7 Å². The first kappa shape index (κ1) is 12.0. The number of allylic oxidation sites excluding steroid dienone is 6. The molecule has 1 atom stereocenters. The fraction of sp³-hybridized carbons (Fsp3) is 0.385. The second-order valence-corrected chi connectivity index (χ2v) is 3.35. The molecule has 0 heteroatoms. The second-order valence-electron chi connectivity index (χ2n) is 3.35. The van der Waals surface area contributed by atoms with Crippen LogP contribution in [-0.4, -0.2) is 0 Å². The summed E-state index contributed by atoms with van der Waals surface area (Å²) >= 11 is 0. The van der Waals surface area contributed by atoms with Crippen molar-refractivity contribution < 1.29 is 0 Å². The van der Waals surface area contributed by atoms with Crippen molar-refractivity contribution in [2.24, 2.45) is 5.92 Å². The zero-order valence-electron chi connectivity index (χ0n) is 9.22. The van der Waals surface area contributed by atoms with Crippen LogP contribution in [-0.2, 0) is 0 Å². The fourth-order valence-corrected chi connectivity index (χ4v) is 1.15. The van der Waals surface area contributed by atoms with Crippen LogP contribution in [0.4, 0.5) is 0 Å². The van der Waals surface area contributed by atoms with E-state index in [1.165, 1.54) is 16.7 Å². The number of hydrogen-bond donors (Lipinski definition) is 0. The molecule has 0 aliphatic heterocycles. The van der Waals surface area contributed by atoms with Crippen LogP contribution in [0.5, 0.6) is 0 Å². The van der Waals surface area contributed by atoms with Gasteiger partial charge in [-0.25, -0.2) is 0 Å². The first-order valence-corrected chi connectivity index (χ1v) is 4.66.